The molecule has 0 aromatic carbocycles. The molecule has 2 amide bonds. The summed E-state index contributed by atoms with van der Waals surface area (Å²) in [6, 6.07) is -1.79. The topological polar surface area (TPSA) is 154 Å². The summed E-state index contributed by atoms with van der Waals surface area (Å²) in [5.74, 6) is -3.54. The molecular weight excluding hydrogens is 451 g/mol. The highest BCUT2D eigenvalue weighted by atomic mass is 35.5. The number of carbonyl (C=O) groups excluding carboxylic acids is 3. The van der Waals surface area contributed by atoms with Gasteiger partial charge in [0.1, 0.15) is 5.56 Å². The highest BCUT2D eigenvalue weighted by Gasteiger charge is 2.49. The Labute approximate surface area is 176 Å². The molecule has 1 aliphatic heterocycles. The van der Waals surface area contributed by atoms with E-state index in [0.29, 0.717) is 14.3 Å². The second kappa shape index (κ2) is 9.50. The highest BCUT2D eigenvalue weighted by Crippen LogP contribution is 2.25. The Morgan fingerprint density at radius 3 is 2.24 bits per heavy atom. The Bertz CT molecular complexity index is 901. The molecule has 1 aromatic heterocycles. The second-order valence-electron chi connectivity index (χ2n) is 5.59. The summed E-state index contributed by atoms with van der Waals surface area (Å²) in [5.41, 5.74) is 0.322. The van der Waals surface area contributed by atoms with Crippen LogP contribution in [0.15, 0.2) is 10.2 Å². The van der Waals surface area contributed by atoms with Crippen LogP contribution < -0.4 is 0 Å². The second-order valence-corrected chi connectivity index (χ2v) is 8.13. The van der Waals surface area contributed by atoms with Crippen molar-refractivity contribution in [1.29, 1.82) is 0 Å². The highest BCUT2D eigenvalue weighted by molar-refractivity contribution is 7.88. The molecular formula is C14H18Cl2N6O6S. The maximum atomic E-state index is 12.6. The third kappa shape index (κ3) is 4.51. The lowest BCUT2D eigenvalue weighted by atomic mass is 10.2. The molecule has 1 saturated heterocycles. The van der Waals surface area contributed by atoms with Crippen LogP contribution in [-0.2, 0) is 24.5 Å². The van der Waals surface area contributed by atoms with Crippen molar-refractivity contribution in [2.75, 3.05) is 31.5 Å². The van der Waals surface area contributed by atoms with Gasteiger partial charge in [0.05, 0.1) is 19.7 Å². The molecule has 1 aliphatic rings. The zero-order valence-electron chi connectivity index (χ0n) is 15.5. The number of rotatable bonds is 8. The first-order chi connectivity index (χ1) is 13.7. The number of nitrogens with one attached hydrogen (secondary N) is 1. The number of halogens is 2. The summed E-state index contributed by atoms with van der Waals surface area (Å²) in [5, 5.41) is 13.7. The first kappa shape index (κ1) is 23.0. The summed E-state index contributed by atoms with van der Waals surface area (Å²) >= 11 is 11.2. The molecule has 0 aliphatic carbocycles. The average Bonchev–Trinajstić information content (AvgIpc) is 3.03. The van der Waals surface area contributed by atoms with Crippen molar-refractivity contribution < 1.29 is 27.5 Å². The van der Waals surface area contributed by atoms with Crippen LogP contribution >= 0.6 is 23.2 Å². The molecule has 1 N–H and O–H groups in total. The fourth-order valence-electron chi connectivity index (χ4n) is 2.48. The Balaban J connectivity index is 2.42. The van der Waals surface area contributed by atoms with Crippen LogP contribution in [0.3, 0.4) is 0 Å². The molecule has 12 nitrogen and oxygen atoms in total. The van der Waals surface area contributed by atoms with Crippen molar-refractivity contribution in [1.82, 2.24) is 18.8 Å². The van der Waals surface area contributed by atoms with Gasteiger partial charge in [0, 0.05) is 17.5 Å². The number of amides is 2. The quantitative estimate of drug-likeness (QED) is 0.255. The van der Waals surface area contributed by atoms with Crippen LogP contribution in [0.1, 0.15) is 23.0 Å². The minimum atomic E-state index is -4.43. The molecule has 2 heterocycles. The van der Waals surface area contributed by atoms with E-state index in [4.69, 9.17) is 27.9 Å². The average molecular weight is 469 g/mol. The van der Waals surface area contributed by atoms with E-state index in [9.17, 15) is 22.8 Å². The minimum Gasteiger partial charge on any atom is -0.462 e. The molecule has 0 spiro atoms. The number of H-pyrrole nitrogens is 1. The first-order valence-corrected chi connectivity index (χ1v) is 10.8. The lowest BCUT2D eigenvalue weighted by Gasteiger charge is -2.35. The summed E-state index contributed by atoms with van der Waals surface area (Å²) in [6.45, 7) is 2.54. The third-order valence-electron chi connectivity index (χ3n) is 3.77. The van der Waals surface area contributed by atoms with Gasteiger partial charge in [-0.05, 0) is 13.8 Å². The molecule has 15 heteroatoms. The number of nitrogens with zero attached hydrogens (tertiary/aromatic N) is 5. The Morgan fingerprint density at radius 1 is 1.21 bits per heavy atom. The van der Waals surface area contributed by atoms with Crippen LogP contribution in [0.4, 0.5) is 5.82 Å². The maximum Gasteiger partial charge on any atom is 0.343 e. The molecule has 29 heavy (non-hydrogen) atoms. The van der Waals surface area contributed by atoms with Gasteiger partial charge in [0.25, 0.3) is 11.8 Å². The maximum absolute atomic E-state index is 12.6. The number of ether oxygens (including phenoxy) is 1. The number of hydrogen-bond donors (Lipinski definition) is 1. The van der Waals surface area contributed by atoms with Gasteiger partial charge in [-0.1, -0.05) is 0 Å². The number of aromatic nitrogens is 2. The van der Waals surface area contributed by atoms with E-state index in [0.717, 1.165) is 0 Å². The van der Waals surface area contributed by atoms with Crippen LogP contribution in [-0.4, -0.2) is 82.5 Å². The van der Waals surface area contributed by atoms with E-state index in [1.807, 2.05) is 0 Å². The van der Waals surface area contributed by atoms with Crippen LogP contribution in [0.25, 0.3) is 0 Å². The SMILES string of the molecule is CCOC(=O)c1c(N=NC2C(=O)N(CCCl)S(=O)(=O)N(CCCl)C2=O)n[nH]c1C. The number of alkyl halides is 2. The smallest absolute Gasteiger partial charge is 0.343 e. The molecule has 0 saturated carbocycles. The van der Waals surface area contributed by atoms with Crippen molar-refractivity contribution in [2.45, 2.75) is 19.9 Å². The van der Waals surface area contributed by atoms with Gasteiger partial charge in [0.15, 0.2) is 0 Å². The van der Waals surface area contributed by atoms with Gasteiger partial charge in [-0.3, -0.25) is 14.7 Å². The van der Waals surface area contributed by atoms with Crippen LogP contribution in [0, 0.1) is 6.92 Å². The molecule has 1 fully saturated rings. The van der Waals surface area contributed by atoms with E-state index < -0.39 is 34.0 Å². The Morgan fingerprint density at radius 2 is 1.76 bits per heavy atom. The molecule has 2 rings (SSSR count). The van der Waals surface area contributed by atoms with Crippen molar-refractivity contribution in [3.05, 3.63) is 11.3 Å². The Hall–Kier alpha value is -2.25. The van der Waals surface area contributed by atoms with Crippen LogP contribution in [0.2, 0.25) is 0 Å². The van der Waals surface area contributed by atoms with E-state index >= 15 is 0 Å². The molecule has 1 aromatic rings. The fourth-order valence-corrected chi connectivity index (χ4v) is 4.55. The van der Waals surface area contributed by atoms with Gasteiger partial charge < -0.3 is 4.74 Å². The molecule has 0 radical (unpaired) electrons. The van der Waals surface area contributed by atoms with Gasteiger partial charge >= 0.3 is 16.2 Å². The summed E-state index contributed by atoms with van der Waals surface area (Å²) in [6.07, 6.45) is 0. The number of aromatic amines is 1. The van der Waals surface area contributed by atoms with E-state index in [2.05, 4.69) is 20.4 Å². The van der Waals surface area contributed by atoms with Gasteiger partial charge in [-0.2, -0.15) is 18.6 Å². The van der Waals surface area contributed by atoms with Gasteiger partial charge in [-0.25, -0.2) is 13.4 Å². The fraction of sp³-hybridized carbons (Fsp3) is 0.571. The van der Waals surface area contributed by atoms with Crippen molar-refractivity contribution in [2.24, 2.45) is 10.2 Å². The predicted molar refractivity (Wildman–Crippen MR) is 101 cm³/mol. The van der Waals surface area contributed by atoms with Crippen molar-refractivity contribution >= 4 is 57.0 Å². The Kier molecular flexibility index (Phi) is 7.54. The zero-order chi connectivity index (χ0) is 21.8. The monoisotopic (exact) mass is 468 g/mol. The lowest BCUT2D eigenvalue weighted by molar-refractivity contribution is -0.140. The third-order valence-corrected chi connectivity index (χ3v) is 5.94. The molecule has 0 atom stereocenters. The van der Waals surface area contributed by atoms with Gasteiger partial charge in [-0.15, -0.1) is 28.3 Å². The van der Waals surface area contributed by atoms with Gasteiger partial charge in [0.2, 0.25) is 11.9 Å². The molecule has 0 bridgehead atoms. The summed E-state index contributed by atoms with van der Waals surface area (Å²) in [4.78, 5) is 37.2. The largest absolute Gasteiger partial charge is 0.462 e. The predicted octanol–water partition coefficient (Wildman–Crippen LogP) is 0.740. The first-order valence-electron chi connectivity index (χ1n) is 8.33. The number of hydrogen-bond acceptors (Lipinski definition) is 9. The van der Waals surface area contributed by atoms with E-state index in [1.165, 1.54) is 0 Å². The normalized spacial score (nSPS) is 17.4. The van der Waals surface area contributed by atoms with Crippen molar-refractivity contribution in [3.63, 3.8) is 0 Å². The lowest BCUT2D eigenvalue weighted by Crippen LogP contribution is -2.62. The van der Waals surface area contributed by atoms with E-state index in [-0.39, 0.29) is 42.8 Å². The summed E-state index contributed by atoms with van der Waals surface area (Å²) < 4.78 is 30.8. The van der Waals surface area contributed by atoms with Crippen molar-refractivity contribution in [3.8, 4) is 0 Å². The van der Waals surface area contributed by atoms with E-state index in [1.54, 1.807) is 13.8 Å². The zero-order valence-corrected chi connectivity index (χ0v) is 17.8. The summed E-state index contributed by atoms with van der Waals surface area (Å²) in [7, 11) is -4.43. The van der Waals surface area contributed by atoms with Crippen LogP contribution in [0.5, 0.6) is 0 Å². The minimum absolute atomic E-state index is 0.0193. The number of aryl methyl sites for hydroxylation is 1. The standard InChI is InChI=1S/C14H18Cl2N6O6S/c1-3-28-14(25)9-8(2)17-19-11(9)20-18-10-12(23)21(6-4-15)29(26,27)22(7-5-16)13(10)24/h10H,3-7H2,1-2H3,(H,17,19). The molecule has 0 unspecified atom stereocenters. The number of azo groups is 1. The number of esters is 1. The molecule has 160 valence electrons. The number of carbonyl (C=O) groups is 3.